The second-order valence-electron chi connectivity index (χ2n) is 13.5. The van der Waals surface area contributed by atoms with E-state index in [-0.39, 0.29) is 24.4 Å². The Labute approximate surface area is 275 Å². The van der Waals surface area contributed by atoms with Crippen molar-refractivity contribution in [2.45, 2.75) is 63.8 Å². The van der Waals surface area contributed by atoms with E-state index in [0.29, 0.717) is 51.6 Å². The van der Waals surface area contributed by atoms with E-state index in [1.165, 1.54) is 0 Å². The number of aryl methyl sites for hydroxylation is 1. The standard InChI is InChI=1S/C34H45N9O4/c1-23-19-24(20-29-31(23)37-38-36-29)21-30(32(44)41-17-15-40(16-18-41)26-7-11-39(2)12-8-26)47-34(46)42-13-9-27(10-14-42)43-22-25-5-3-4-6-28(25)35-33(43)45/h3-6,19-20,26-27,30H,7-18,21-22H2,1-2H3,(H,35,45)(H,36,37,38). The van der Waals surface area contributed by atoms with Gasteiger partial charge in [0.2, 0.25) is 0 Å². The molecule has 13 nitrogen and oxygen atoms in total. The van der Waals surface area contributed by atoms with E-state index in [1.54, 1.807) is 4.90 Å². The number of nitrogens with one attached hydrogen (secondary N) is 2. The molecule has 0 bridgehead atoms. The van der Waals surface area contributed by atoms with Gasteiger partial charge in [0.15, 0.2) is 6.10 Å². The van der Waals surface area contributed by atoms with Gasteiger partial charge in [0.1, 0.15) is 5.52 Å². The minimum atomic E-state index is -0.955. The number of benzene rings is 2. The number of amides is 4. The average molecular weight is 644 g/mol. The molecular weight excluding hydrogens is 598 g/mol. The molecule has 47 heavy (non-hydrogen) atoms. The van der Waals surface area contributed by atoms with E-state index in [2.05, 4.69) is 37.6 Å². The van der Waals surface area contributed by atoms with Crippen LogP contribution in [0.1, 0.15) is 42.4 Å². The van der Waals surface area contributed by atoms with Crippen LogP contribution < -0.4 is 5.32 Å². The lowest BCUT2D eigenvalue weighted by atomic mass is 10.0. The number of likely N-dealkylation sites (tertiary alicyclic amines) is 2. The molecule has 3 aromatic rings. The highest BCUT2D eigenvalue weighted by atomic mass is 16.6. The molecule has 7 rings (SSSR count). The smallest absolute Gasteiger partial charge is 0.410 e. The van der Waals surface area contributed by atoms with Crippen molar-refractivity contribution in [1.82, 2.24) is 39.9 Å². The van der Waals surface area contributed by atoms with Crippen molar-refractivity contribution in [2.75, 3.05) is 64.7 Å². The van der Waals surface area contributed by atoms with Crippen molar-refractivity contribution in [1.29, 1.82) is 0 Å². The fourth-order valence-electron chi connectivity index (χ4n) is 7.65. The molecule has 0 saturated carbocycles. The largest absolute Gasteiger partial charge is 0.436 e. The SMILES string of the molecule is Cc1cc(CC(OC(=O)N2CCC(N3Cc4ccccc4NC3=O)CC2)C(=O)N2CCN(C3CCN(C)CC3)CC2)cc2nn[nH]c12. The third-order valence-electron chi connectivity index (χ3n) is 10.5. The van der Waals surface area contributed by atoms with Crippen molar-refractivity contribution < 1.29 is 19.1 Å². The maximum atomic E-state index is 14.1. The van der Waals surface area contributed by atoms with Crippen LogP contribution in [0.2, 0.25) is 0 Å². The first-order chi connectivity index (χ1) is 22.8. The van der Waals surface area contributed by atoms with Gasteiger partial charge in [-0.1, -0.05) is 29.5 Å². The minimum absolute atomic E-state index is 0.0165. The first-order valence-corrected chi connectivity index (χ1v) is 16.9. The van der Waals surface area contributed by atoms with Crippen LogP contribution in [-0.4, -0.2) is 136 Å². The van der Waals surface area contributed by atoms with Gasteiger partial charge in [-0.3, -0.25) is 14.8 Å². The Bertz CT molecular complexity index is 1600. The predicted octanol–water partition coefficient (Wildman–Crippen LogP) is 3.06. The number of hydrogen-bond acceptors (Lipinski definition) is 8. The molecule has 0 aliphatic carbocycles. The van der Waals surface area contributed by atoms with Crippen LogP contribution >= 0.6 is 0 Å². The lowest BCUT2D eigenvalue weighted by Crippen LogP contribution is -2.56. The Morgan fingerprint density at radius 2 is 1.66 bits per heavy atom. The Hall–Kier alpha value is -4.23. The summed E-state index contributed by atoms with van der Waals surface area (Å²) in [5, 5.41) is 14.0. The van der Waals surface area contributed by atoms with Crippen molar-refractivity contribution >= 4 is 34.8 Å². The van der Waals surface area contributed by atoms with Gasteiger partial charge in [-0.05, 0) is 81.6 Å². The average Bonchev–Trinajstić information content (AvgIpc) is 3.57. The summed E-state index contributed by atoms with van der Waals surface area (Å²) in [6, 6.07) is 12.2. The molecular formula is C34H45N9O4. The summed E-state index contributed by atoms with van der Waals surface area (Å²) in [7, 11) is 2.17. The second-order valence-corrected chi connectivity index (χ2v) is 13.5. The van der Waals surface area contributed by atoms with Gasteiger partial charge in [0, 0.05) is 70.0 Å². The molecule has 4 amide bonds. The van der Waals surface area contributed by atoms with Gasteiger partial charge in [-0.2, -0.15) is 0 Å². The normalized spacial score (nSPS) is 21.1. The molecule has 4 aliphatic rings. The van der Waals surface area contributed by atoms with Crippen LogP contribution in [0.5, 0.6) is 0 Å². The zero-order valence-corrected chi connectivity index (χ0v) is 27.4. The fourth-order valence-corrected chi connectivity index (χ4v) is 7.65. The molecule has 4 aliphatic heterocycles. The van der Waals surface area contributed by atoms with E-state index in [4.69, 9.17) is 4.74 Å². The molecule has 5 heterocycles. The number of aromatic nitrogens is 3. The number of nitrogens with zero attached hydrogens (tertiary/aromatic N) is 7. The van der Waals surface area contributed by atoms with E-state index in [0.717, 1.165) is 72.4 Å². The summed E-state index contributed by atoms with van der Waals surface area (Å²) in [6.07, 6.45) is 2.41. The molecule has 3 saturated heterocycles. The zero-order chi connectivity index (χ0) is 32.5. The number of H-pyrrole nitrogens is 1. The number of aromatic amines is 1. The van der Waals surface area contributed by atoms with Crippen molar-refractivity contribution in [2.24, 2.45) is 0 Å². The van der Waals surface area contributed by atoms with Gasteiger partial charge in [-0.25, -0.2) is 9.59 Å². The van der Waals surface area contributed by atoms with E-state index < -0.39 is 12.2 Å². The molecule has 0 radical (unpaired) electrons. The summed E-state index contributed by atoms with van der Waals surface area (Å²) in [5.74, 6) is -0.155. The van der Waals surface area contributed by atoms with E-state index in [9.17, 15) is 14.4 Å². The Kier molecular flexibility index (Phi) is 9.00. The quantitative estimate of drug-likeness (QED) is 0.420. The number of piperidine rings is 2. The summed E-state index contributed by atoms with van der Waals surface area (Å²) < 4.78 is 6.09. The van der Waals surface area contributed by atoms with E-state index >= 15 is 0 Å². The highest BCUT2D eigenvalue weighted by Gasteiger charge is 2.36. The number of carbonyl (C=O) groups excluding carboxylic acids is 3. The van der Waals surface area contributed by atoms with Crippen LogP contribution in [0, 0.1) is 6.92 Å². The number of anilines is 1. The van der Waals surface area contributed by atoms with Crippen LogP contribution in [0.4, 0.5) is 15.3 Å². The van der Waals surface area contributed by atoms with Crippen LogP contribution in [0.3, 0.4) is 0 Å². The Balaban J connectivity index is 1.00. The summed E-state index contributed by atoms with van der Waals surface area (Å²) in [5.41, 5.74) is 5.35. The van der Waals surface area contributed by atoms with Crippen LogP contribution in [0.15, 0.2) is 36.4 Å². The summed E-state index contributed by atoms with van der Waals surface area (Å²) in [6.45, 7) is 8.53. The molecule has 250 valence electrons. The lowest BCUT2D eigenvalue weighted by molar-refractivity contribution is -0.143. The number of para-hydroxylation sites is 1. The molecule has 3 fully saturated rings. The summed E-state index contributed by atoms with van der Waals surface area (Å²) >= 11 is 0. The van der Waals surface area contributed by atoms with Crippen molar-refractivity contribution in [3.63, 3.8) is 0 Å². The highest BCUT2D eigenvalue weighted by Crippen LogP contribution is 2.28. The monoisotopic (exact) mass is 643 g/mol. The zero-order valence-electron chi connectivity index (χ0n) is 27.4. The minimum Gasteiger partial charge on any atom is -0.436 e. The summed E-state index contributed by atoms with van der Waals surface area (Å²) in [4.78, 5) is 50.9. The maximum absolute atomic E-state index is 14.1. The van der Waals surface area contributed by atoms with E-state index in [1.807, 2.05) is 53.1 Å². The first kappa shape index (κ1) is 31.4. The van der Waals surface area contributed by atoms with Crippen LogP contribution in [0.25, 0.3) is 11.0 Å². The van der Waals surface area contributed by atoms with Gasteiger partial charge in [0.05, 0.1) is 5.52 Å². The van der Waals surface area contributed by atoms with Gasteiger partial charge in [-0.15, -0.1) is 5.10 Å². The first-order valence-electron chi connectivity index (χ1n) is 16.9. The number of carbonyl (C=O) groups is 3. The Morgan fingerprint density at radius 3 is 2.43 bits per heavy atom. The van der Waals surface area contributed by atoms with Gasteiger partial charge in [0.25, 0.3) is 5.91 Å². The predicted molar refractivity (Wildman–Crippen MR) is 177 cm³/mol. The number of urea groups is 1. The van der Waals surface area contributed by atoms with Gasteiger partial charge < -0.3 is 29.7 Å². The van der Waals surface area contributed by atoms with Crippen molar-refractivity contribution in [3.05, 3.63) is 53.1 Å². The number of fused-ring (bicyclic) bond motifs is 2. The molecule has 0 spiro atoms. The van der Waals surface area contributed by atoms with Crippen molar-refractivity contribution in [3.8, 4) is 0 Å². The third kappa shape index (κ3) is 6.77. The second kappa shape index (κ2) is 13.5. The number of rotatable bonds is 6. The number of piperazine rings is 1. The fraction of sp³-hybridized carbons (Fsp3) is 0.559. The molecule has 1 atom stereocenters. The lowest BCUT2D eigenvalue weighted by Gasteiger charge is -2.43. The third-order valence-corrected chi connectivity index (χ3v) is 10.5. The molecule has 2 aromatic carbocycles. The molecule has 1 aromatic heterocycles. The molecule has 1 unspecified atom stereocenters. The topological polar surface area (TPSA) is 130 Å². The Morgan fingerprint density at radius 1 is 0.936 bits per heavy atom. The van der Waals surface area contributed by atoms with Crippen LogP contribution in [-0.2, 0) is 22.5 Å². The molecule has 13 heteroatoms. The number of ether oxygens (including phenoxy) is 1. The highest BCUT2D eigenvalue weighted by molar-refractivity contribution is 5.92. The maximum Gasteiger partial charge on any atom is 0.410 e. The molecule has 2 N–H and O–H groups in total. The van der Waals surface area contributed by atoms with Gasteiger partial charge >= 0.3 is 12.1 Å². The number of hydrogen-bond donors (Lipinski definition) is 2.